The molecule has 0 amide bonds. The van der Waals surface area contributed by atoms with Crippen molar-refractivity contribution < 1.29 is 19.4 Å². The molecule has 0 spiro atoms. The molecule has 110 valence electrons. The molecule has 0 saturated heterocycles. The van der Waals surface area contributed by atoms with E-state index in [9.17, 15) is 9.90 Å². The van der Waals surface area contributed by atoms with Crippen molar-refractivity contribution >= 4 is 11.7 Å². The Morgan fingerprint density at radius 3 is 2.50 bits per heavy atom. The Morgan fingerprint density at radius 2 is 1.90 bits per heavy atom. The molecule has 0 aliphatic rings. The van der Waals surface area contributed by atoms with Gasteiger partial charge in [-0.05, 0) is 31.0 Å². The van der Waals surface area contributed by atoms with Gasteiger partial charge in [-0.3, -0.25) is 0 Å². The van der Waals surface area contributed by atoms with E-state index >= 15 is 0 Å². The second-order valence-corrected chi connectivity index (χ2v) is 4.34. The van der Waals surface area contributed by atoms with Crippen LogP contribution in [0.2, 0.25) is 0 Å². The van der Waals surface area contributed by atoms with Crippen LogP contribution in [0.4, 0.5) is 0 Å². The van der Waals surface area contributed by atoms with Gasteiger partial charge in [-0.2, -0.15) is 0 Å². The van der Waals surface area contributed by atoms with Crippen LogP contribution in [0, 0.1) is 0 Å². The zero-order valence-electron chi connectivity index (χ0n) is 12.1. The third-order valence-corrected chi connectivity index (χ3v) is 2.69. The van der Waals surface area contributed by atoms with Crippen LogP contribution in [0.5, 0.6) is 5.75 Å². The minimum absolute atomic E-state index is 0.257. The van der Waals surface area contributed by atoms with Crippen LogP contribution in [-0.4, -0.2) is 19.2 Å². The first-order valence-electron chi connectivity index (χ1n) is 6.96. The van der Waals surface area contributed by atoms with Gasteiger partial charge < -0.3 is 14.6 Å². The van der Waals surface area contributed by atoms with E-state index in [0.29, 0.717) is 12.2 Å². The highest BCUT2D eigenvalue weighted by Crippen LogP contribution is 2.16. The van der Waals surface area contributed by atoms with Crippen molar-refractivity contribution in [1.82, 2.24) is 0 Å². The number of benzene rings is 1. The normalized spacial score (nSPS) is 11.2. The van der Waals surface area contributed by atoms with E-state index < -0.39 is 5.97 Å². The van der Waals surface area contributed by atoms with Crippen molar-refractivity contribution in [2.24, 2.45) is 0 Å². The largest absolute Gasteiger partial charge is 0.872 e. The number of hydrogen-bond donors (Lipinski definition) is 0. The van der Waals surface area contributed by atoms with Gasteiger partial charge in [0.25, 0.3) is 0 Å². The Morgan fingerprint density at radius 1 is 1.20 bits per heavy atom. The van der Waals surface area contributed by atoms with Crippen LogP contribution in [0.25, 0.3) is 5.76 Å². The average Bonchev–Trinajstić information content (AvgIpc) is 2.44. The number of esters is 1. The van der Waals surface area contributed by atoms with Gasteiger partial charge in [0.15, 0.2) is 0 Å². The third kappa shape index (κ3) is 5.78. The summed E-state index contributed by atoms with van der Waals surface area (Å²) in [5.74, 6) is -0.243. The molecule has 0 N–H and O–H groups in total. The second-order valence-electron chi connectivity index (χ2n) is 4.34. The van der Waals surface area contributed by atoms with E-state index in [1.54, 1.807) is 31.2 Å². The predicted octanol–water partition coefficient (Wildman–Crippen LogP) is 2.52. The Kier molecular flexibility index (Phi) is 7.25. The number of carbonyl (C=O) groups is 1. The molecule has 0 fully saturated rings. The van der Waals surface area contributed by atoms with Crippen molar-refractivity contribution in [2.45, 2.75) is 33.1 Å². The maximum absolute atomic E-state index is 11.7. The fourth-order valence-electron chi connectivity index (χ4n) is 1.63. The molecular weight excluding hydrogens is 256 g/mol. The highest BCUT2D eigenvalue weighted by Gasteiger charge is 1.98. The molecule has 0 radical (unpaired) electrons. The molecule has 1 aromatic rings. The first-order chi connectivity index (χ1) is 9.67. The molecule has 0 atom stereocenters. The Labute approximate surface area is 120 Å². The van der Waals surface area contributed by atoms with Gasteiger partial charge >= 0.3 is 5.97 Å². The van der Waals surface area contributed by atoms with Gasteiger partial charge in [0.2, 0.25) is 0 Å². The van der Waals surface area contributed by atoms with Crippen LogP contribution < -0.4 is 9.84 Å². The molecule has 0 aliphatic heterocycles. The minimum Gasteiger partial charge on any atom is -0.872 e. The summed E-state index contributed by atoms with van der Waals surface area (Å²) in [6, 6.07) is 6.76. The quantitative estimate of drug-likeness (QED) is 0.317. The summed E-state index contributed by atoms with van der Waals surface area (Å²) < 4.78 is 10.2. The smallest absolute Gasteiger partial charge is 0.330 e. The summed E-state index contributed by atoms with van der Waals surface area (Å²) in [7, 11) is 0. The zero-order chi connectivity index (χ0) is 14.8. The van der Waals surface area contributed by atoms with Crippen LogP contribution >= 0.6 is 0 Å². The zero-order valence-corrected chi connectivity index (χ0v) is 12.1. The lowest BCUT2D eigenvalue weighted by molar-refractivity contribution is -0.244. The summed E-state index contributed by atoms with van der Waals surface area (Å²) in [5.41, 5.74) is 0.443. The first-order valence-corrected chi connectivity index (χ1v) is 6.96. The Balaban J connectivity index is 2.55. The number of carbonyl (C=O) groups excluding carboxylic acids is 1. The summed E-state index contributed by atoms with van der Waals surface area (Å²) >= 11 is 0. The third-order valence-electron chi connectivity index (χ3n) is 2.69. The second kappa shape index (κ2) is 9.02. The van der Waals surface area contributed by atoms with Crippen molar-refractivity contribution in [3.8, 4) is 5.75 Å². The molecule has 4 heteroatoms. The molecule has 0 aliphatic carbocycles. The lowest BCUT2D eigenvalue weighted by Crippen LogP contribution is -2.08. The van der Waals surface area contributed by atoms with E-state index in [-0.39, 0.29) is 12.4 Å². The number of rotatable bonds is 8. The molecule has 20 heavy (non-hydrogen) atoms. The molecule has 0 aromatic heterocycles. The molecule has 0 bridgehead atoms. The molecule has 0 saturated carbocycles. The fraction of sp³-hybridized carbons (Fsp3) is 0.438. The van der Waals surface area contributed by atoms with Gasteiger partial charge in [0.1, 0.15) is 5.75 Å². The standard InChI is InChI=1S/C16H22O4/c1-3-5-6-11-20-14-9-7-13(8-10-14)15(17)12-16(18)19-4-2/h7-10,12,17H,3-6,11H2,1-2H3/p-1/b15-12-. The van der Waals surface area contributed by atoms with E-state index in [1.165, 1.54) is 0 Å². The molecule has 0 unspecified atom stereocenters. The lowest BCUT2D eigenvalue weighted by atomic mass is 10.1. The number of unbranched alkanes of at least 4 members (excludes halogenated alkanes) is 2. The molecular formula is C16H21O4-. The highest BCUT2D eigenvalue weighted by molar-refractivity contribution is 5.88. The van der Waals surface area contributed by atoms with Crippen LogP contribution in [0.15, 0.2) is 30.3 Å². The highest BCUT2D eigenvalue weighted by atomic mass is 16.5. The number of hydrogen-bond acceptors (Lipinski definition) is 4. The van der Waals surface area contributed by atoms with E-state index in [4.69, 9.17) is 9.47 Å². The van der Waals surface area contributed by atoms with E-state index in [1.807, 2.05) is 0 Å². The maximum Gasteiger partial charge on any atom is 0.330 e. The van der Waals surface area contributed by atoms with Gasteiger partial charge in [-0.15, -0.1) is 0 Å². The van der Waals surface area contributed by atoms with Crippen molar-refractivity contribution in [1.29, 1.82) is 0 Å². The number of ether oxygens (including phenoxy) is 2. The van der Waals surface area contributed by atoms with Crippen molar-refractivity contribution in [3.05, 3.63) is 35.9 Å². The SMILES string of the molecule is CCCCCOc1ccc(/C([O-])=C/C(=O)OCC)cc1. The topological polar surface area (TPSA) is 58.6 Å². The summed E-state index contributed by atoms with van der Waals surface area (Å²) in [6.45, 7) is 4.77. The summed E-state index contributed by atoms with van der Waals surface area (Å²) in [6.07, 6.45) is 4.28. The van der Waals surface area contributed by atoms with Crippen LogP contribution in [0.1, 0.15) is 38.7 Å². The van der Waals surface area contributed by atoms with Crippen molar-refractivity contribution in [2.75, 3.05) is 13.2 Å². The Bertz CT molecular complexity index is 434. The van der Waals surface area contributed by atoms with Gasteiger partial charge in [-0.1, -0.05) is 37.7 Å². The van der Waals surface area contributed by atoms with Crippen LogP contribution in [-0.2, 0) is 9.53 Å². The average molecular weight is 277 g/mol. The van der Waals surface area contributed by atoms with Gasteiger partial charge in [0.05, 0.1) is 13.2 Å². The Hall–Kier alpha value is -1.97. The van der Waals surface area contributed by atoms with E-state index in [2.05, 4.69) is 6.92 Å². The van der Waals surface area contributed by atoms with Crippen LogP contribution in [0.3, 0.4) is 0 Å². The van der Waals surface area contributed by atoms with E-state index in [0.717, 1.165) is 31.1 Å². The molecule has 4 nitrogen and oxygen atoms in total. The van der Waals surface area contributed by atoms with Gasteiger partial charge in [-0.25, -0.2) is 4.79 Å². The molecule has 0 heterocycles. The minimum atomic E-state index is -0.614. The molecule has 1 rings (SSSR count). The van der Waals surface area contributed by atoms with Gasteiger partial charge in [0, 0.05) is 6.08 Å². The monoisotopic (exact) mass is 277 g/mol. The molecule has 1 aromatic carbocycles. The lowest BCUT2D eigenvalue weighted by Gasteiger charge is -2.13. The predicted molar refractivity (Wildman–Crippen MR) is 76.1 cm³/mol. The first kappa shape index (κ1) is 16.1. The van der Waals surface area contributed by atoms with Crippen molar-refractivity contribution in [3.63, 3.8) is 0 Å². The summed E-state index contributed by atoms with van der Waals surface area (Å²) in [4.78, 5) is 11.2. The summed E-state index contributed by atoms with van der Waals surface area (Å²) in [5, 5.41) is 11.7. The maximum atomic E-state index is 11.7. The fourth-order valence-corrected chi connectivity index (χ4v) is 1.63.